The zero-order valence-electron chi connectivity index (χ0n) is 26.7. The number of carbonyl (C=O) groups excluding carboxylic acids is 1. The molecule has 2 N–H and O–H groups in total. The lowest BCUT2D eigenvalue weighted by atomic mass is 9.89. The summed E-state index contributed by atoms with van der Waals surface area (Å²) in [6.07, 6.45) is -2.70. The lowest BCUT2D eigenvalue weighted by molar-refractivity contribution is -0.904. The van der Waals surface area contributed by atoms with Crippen LogP contribution in [0.25, 0.3) is 0 Å². The van der Waals surface area contributed by atoms with E-state index in [9.17, 15) is 28.0 Å². The number of aryl methyl sites for hydroxylation is 1. The van der Waals surface area contributed by atoms with Gasteiger partial charge in [-0.1, -0.05) is 12.1 Å². The topological polar surface area (TPSA) is 172 Å². The van der Waals surface area contributed by atoms with Gasteiger partial charge in [-0.25, -0.2) is 28.9 Å². The number of nitrogens with one attached hydrogen (secondary N) is 1. The number of alkyl halides is 3. The van der Waals surface area contributed by atoms with Crippen molar-refractivity contribution in [2.45, 2.75) is 32.1 Å². The molecule has 0 unspecified atom stereocenters. The number of hydrogen-bond acceptors (Lipinski definition) is 9. The Labute approximate surface area is 272 Å². The van der Waals surface area contributed by atoms with Crippen molar-refractivity contribution in [2.75, 3.05) is 32.6 Å². The second-order valence-corrected chi connectivity index (χ2v) is 11.5. The highest BCUT2D eigenvalue weighted by atomic mass is 19.4. The van der Waals surface area contributed by atoms with Crippen molar-refractivity contribution in [3.63, 3.8) is 0 Å². The minimum absolute atomic E-state index is 0.0109. The summed E-state index contributed by atoms with van der Waals surface area (Å²) in [6.45, 7) is 2.46. The number of benzene rings is 2. The number of likely N-dealkylation sites (N-methyl/N-ethyl adjacent to an activating group) is 1. The molecule has 0 saturated carbocycles. The van der Waals surface area contributed by atoms with E-state index >= 15 is 0 Å². The molecule has 1 aliphatic rings. The molecular formula is C31H33F3N9O5+. The molecule has 0 bridgehead atoms. The third kappa shape index (κ3) is 7.13. The largest absolute Gasteiger partial charge is 0.483 e. The number of carbonyl (C=O) groups is 2. The van der Waals surface area contributed by atoms with Crippen LogP contribution < -0.4 is 10.6 Å². The normalized spacial score (nSPS) is 14.5. The third-order valence-corrected chi connectivity index (χ3v) is 7.91. The first-order valence-corrected chi connectivity index (χ1v) is 14.4. The van der Waals surface area contributed by atoms with Gasteiger partial charge in [-0.2, -0.15) is 23.5 Å². The number of nitriles is 1. The van der Waals surface area contributed by atoms with Crippen molar-refractivity contribution < 1.29 is 37.1 Å². The molecule has 48 heavy (non-hydrogen) atoms. The van der Waals surface area contributed by atoms with Crippen molar-refractivity contribution in [2.24, 2.45) is 7.05 Å². The first-order chi connectivity index (χ1) is 22.7. The van der Waals surface area contributed by atoms with Crippen LogP contribution in [0.1, 0.15) is 41.0 Å². The summed E-state index contributed by atoms with van der Waals surface area (Å²) in [5.74, 6) is -0.000741. The van der Waals surface area contributed by atoms with Crippen LogP contribution in [0.2, 0.25) is 0 Å². The maximum absolute atomic E-state index is 13.6. The fraction of sp³-hybridized carbons (Fsp3) is 0.323. The Morgan fingerprint density at radius 3 is 2.54 bits per heavy atom. The molecule has 252 valence electrons. The number of halogens is 3. The SMILES string of the molecule is COC(=O)C1=C(C)N(c2cccc(C(F)(F)F)c2)c2n[nH]c(=O)n2[C@@H]1c1ccc(C#N)cc1CC[N+](C)(C)Cc1ncnn1C.O=CO. The summed E-state index contributed by atoms with van der Waals surface area (Å²) in [5, 5.41) is 27.3. The third-order valence-electron chi connectivity index (χ3n) is 7.91. The second-order valence-electron chi connectivity index (χ2n) is 11.5. The minimum Gasteiger partial charge on any atom is -0.483 e. The molecule has 2 aromatic heterocycles. The number of aromatic nitrogens is 6. The number of carboxylic acid groups (broad SMARTS) is 1. The minimum atomic E-state index is -4.63. The molecule has 1 atom stereocenters. The van der Waals surface area contributed by atoms with E-state index in [2.05, 4.69) is 26.3 Å². The number of nitrogens with zero attached hydrogens (tertiary/aromatic N) is 8. The van der Waals surface area contributed by atoms with Crippen LogP contribution in [0, 0.1) is 11.3 Å². The van der Waals surface area contributed by atoms with Gasteiger partial charge < -0.3 is 14.3 Å². The summed E-state index contributed by atoms with van der Waals surface area (Å²) < 4.78 is 49.5. The second kappa shape index (κ2) is 13.9. The van der Waals surface area contributed by atoms with Crippen LogP contribution in [0.5, 0.6) is 0 Å². The highest BCUT2D eigenvalue weighted by molar-refractivity contribution is 5.93. The van der Waals surface area contributed by atoms with E-state index < -0.39 is 29.4 Å². The van der Waals surface area contributed by atoms with Crippen LogP contribution >= 0.6 is 0 Å². The van der Waals surface area contributed by atoms with Crippen molar-refractivity contribution in [1.82, 2.24) is 29.5 Å². The van der Waals surface area contributed by atoms with Crippen LogP contribution in [0.3, 0.4) is 0 Å². The van der Waals surface area contributed by atoms with Gasteiger partial charge in [-0.15, -0.1) is 5.10 Å². The Morgan fingerprint density at radius 1 is 1.23 bits per heavy atom. The number of quaternary nitrogens is 1. The smallest absolute Gasteiger partial charge is 0.416 e. The zero-order valence-corrected chi connectivity index (χ0v) is 26.7. The van der Waals surface area contributed by atoms with Crippen LogP contribution in [-0.4, -0.2) is 79.3 Å². The van der Waals surface area contributed by atoms with Crippen molar-refractivity contribution >= 4 is 24.1 Å². The molecule has 14 nitrogen and oxygen atoms in total. The van der Waals surface area contributed by atoms with E-state index in [0.29, 0.717) is 40.7 Å². The summed E-state index contributed by atoms with van der Waals surface area (Å²) in [5.41, 5.74) is 0.338. The average Bonchev–Trinajstić information content (AvgIpc) is 3.62. The lowest BCUT2D eigenvalue weighted by Crippen LogP contribution is -2.42. The summed E-state index contributed by atoms with van der Waals surface area (Å²) >= 11 is 0. The molecule has 0 spiro atoms. The van der Waals surface area contributed by atoms with E-state index in [0.717, 1.165) is 18.0 Å². The Morgan fingerprint density at radius 2 is 1.94 bits per heavy atom. The van der Waals surface area contributed by atoms with Crippen LogP contribution in [-0.2, 0) is 40.5 Å². The van der Waals surface area contributed by atoms with Gasteiger partial charge in [0, 0.05) is 24.9 Å². The van der Waals surface area contributed by atoms with Gasteiger partial charge in [-0.3, -0.25) is 9.69 Å². The van der Waals surface area contributed by atoms with E-state index in [1.165, 1.54) is 35.0 Å². The van der Waals surface area contributed by atoms with Gasteiger partial charge in [0.15, 0.2) is 5.82 Å². The highest BCUT2D eigenvalue weighted by Crippen LogP contribution is 2.43. The molecule has 0 fully saturated rings. The monoisotopic (exact) mass is 668 g/mol. The predicted octanol–water partition coefficient (Wildman–Crippen LogP) is 3.30. The van der Waals surface area contributed by atoms with Gasteiger partial charge >= 0.3 is 17.8 Å². The highest BCUT2D eigenvalue weighted by Gasteiger charge is 2.41. The fourth-order valence-electron chi connectivity index (χ4n) is 5.59. The Balaban J connectivity index is 0.00000167. The quantitative estimate of drug-likeness (QED) is 0.161. The van der Waals surface area contributed by atoms with Gasteiger partial charge in [-0.05, 0) is 48.4 Å². The molecule has 3 heterocycles. The number of ether oxygens (including phenoxy) is 1. The standard InChI is InChI=1S/C30H30F3N9O3.CH2O2/c1-18-25(27(43)45-5)26(41-28(37-38-29(41)44)40(18)22-8-6-7-21(14-22)30(31,32)33)23-10-9-19(15-34)13-20(23)11-12-42(3,4)16-24-35-17-36-39(24)2;2-1-3/h6-10,13-14,17,26H,11-12,16H2,1-5H3;1H,(H,2,3)/p+1/t26-;/m1./s1. The summed E-state index contributed by atoms with van der Waals surface area (Å²) in [4.78, 5) is 40.8. The van der Waals surface area contributed by atoms with Crippen LogP contribution in [0.4, 0.5) is 24.8 Å². The van der Waals surface area contributed by atoms with Gasteiger partial charge in [0.1, 0.15) is 18.9 Å². The number of methoxy groups -OCH3 is 1. The van der Waals surface area contributed by atoms with Gasteiger partial charge in [0.25, 0.3) is 6.47 Å². The fourth-order valence-corrected chi connectivity index (χ4v) is 5.59. The molecule has 1 aliphatic heterocycles. The van der Waals surface area contributed by atoms with Gasteiger partial charge in [0.05, 0.1) is 50.5 Å². The zero-order chi connectivity index (χ0) is 35.4. The van der Waals surface area contributed by atoms with Crippen molar-refractivity contribution in [3.8, 4) is 6.07 Å². The summed E-state index contributed by atoms with van der Waals surface area (Å²) in [6, 6.07) is 10.6. The Kier molecular flexibility index (Phi) is 10.2. The lowest BCUT2D eigenvalue weighted by Gasteiger charge is -2.36. The number of anilines is 2. The Bertz CT molecular complexity index is 1950. The number of esters is 1. The Hall–Kier alpha value is -5.76. The molecular weight excluding hydrogens is 635 g/mol. The maximum Gasteiger partial charge on any atom is 0.416 e. The number of allylic oxidation sites excluding steroid dienone is 1. The molecule has 4 aromatic rings. The molecule has 0 aliphatic carbocycles. The average molecular weight is 669 g/mol. The van der Waals surface area contributed by atoms with Crippen molar-refractivity contribution in [1.29, 1.82) is 5.26 Å². The summed E-state index contributed by atoms with van der Waals surface area (Å²) in [7, 11) is 7.05. The van der Waals surface area contributed by atoms with Crippen molar-refractivity contribution in [3.05, 3.63) is 98.6 Å². The predicted molar refractivity (Wildman–Crippen MR) is 165 cm³/mol. The molecule has 0 amide bonds. The first-order valence-electron chi connectivity index (χ1n) is 14.4. The number of rotatable bonds is 8. The molecule has 17 heteroatoms. The molecule has 0 saturated heterocycles. The number of H-pyrrole nitrogens is 1. The molecule has 2 aromatic carbocycles. The number of hydrogen-bond donors (Lipinski definition) is 2. The van der Waals surface area contributed by atoms with E-state index in [1.54, 1.807) is 29.8 Å². The van der Waals surface area contributed by atoms with Gasteiger partial charge in [0.2, 0.25) is 5.95 Å². The molecule has 0 radical (unpaired) electrons. The maximum atomic E-state index is 13.6. The number of fused-ring (bicyclic) bond motifs is 1. The molecule has 5 rings (SSSR count). The van der Waals surface area contributed by atoms with Crippen LogP contribution in [0.15, 0.2) is 64.9 Å². The first kappa shape index (κ1) is 35.1. The van der Waals surface area contributed by atoms with E-state index in [-0.39, 0.29) is 29.4 Å². The van der Waals surface area contributed by atoms with E-state index in [1.807, 2.05) is 21.1 Å². The number of aromatic amines is 1. The van der Waals surface area contributed by atoms with E-state index in [4.69, 9.17) is 14.6 Å².